The molecule has 0 saturated carbocycles. The SMILES string of the molecule is CC[C@H](C)N1C(=S)SC(C)(C)[C@@H]1N(O)C(=O)Nc1ccc(Cl)c(Cl)c1. The molecule has 1 aromatic carbocycles. The number of urea groups is 1. The molecule has 1 aliphatic rings. The van der Waals surface area contributed by atoms with Gasteiger partial charge in [0, 0.05) is 11.7 Å². The van der Waals surface area contributed by atoms with Gasteiger partial charge in [0.1, 0.15) is 10.5 Å². The maximum absolute atomic E-state index is 12.6. The zero-order valence-corrected chi connectivity index (χ0v) is 17.6. The zero-order valence-electron chi connectivity index (χ0n) is 14.4. The molecule has 25 heavy (non-hydrogen) atoms. The fourth-order valence-electron chi connectivity index (χ4n) is 2.66. The fraction of sp³-hybridized carbons (Fsp3) is 0.500. The van der Waals surface area contributed by atoms with Crippen molar-refractivity contribution in [3.8, 4) is 0 Å². The molecular formula is C16H21Cl2N3O2S2. The van der Waals surface area contributed by atoms with Crippen molar-refractivity contribution in [2.24, 2.45) is 0 Å². The minimum absolute atomic E-state index is 0.0965. The Morgan fingerprint density at radius 3 is 2.68 bits per heavy atom. The number of rotatable bonds is 4. The van der Waals surface area contributed by atoms with Gasteiger partial charge in [0.15, 0.2) is 0 Å². The standard InChI is InChI=1S/C16H21Cl2N3O2S2/c1-5-9(2)20-13(16(3,4)25-15(20)24)21(23)14(22)19-10-6-7-11(17)12(18)8-10/h6-9,13,23H,5H2,1-4H3,(H,19,22)/t9-,13-/m0/s1. The first-order valence-electron chi connectivity index (χ1n) is 7.84. The van der Waals surface area contributed by atoms with E-state index in [-0.39, 0.29) is 6.04 Å². The number of benzene rings is 1. The van der Waals surface area contributed by atoms with Crippen LogP contribution in [0.15, 0.2) is 18.2 Å². The number of hydrogen-bond donors (Lipinski definition) is 2. The molecule has 2 rings (SSSR count). The topological polar surface area (TPSA) is 55.8 Å². The highest BCUT2D eigenvalue weighted by Gasteiger charge is 2.50. The van der Waals surface area contributed by atoms with Gasteiger partial charge < -0.3 is 10.2 Å². The van der Waals surface area contributed by atoms with Gasteiger partial charge in [-0.1, -0.05) is 54.1 Å². The third kappa shape index (κ3) is 4.34. The van der Waals surface area contributed by atoms with Crippen molar-refractivity contribution in [1.29, 1.82) is 0 Å². The molecule has 1 fully saturated rings. The molecule has 9 heteroatoms. The van der Waals surface area contributed by atoms with E-state index < -0.39 is 16.9 Å². The van der Waals surface area contributed by atoms with E-state index in [0.29, 0.717) is 25.1 Å². The van der Waals surface area contributed by atoms with Crippen molar-refractivity contribution in [1.82, 2.24) is 9.96 Å². The summed E-state index contributed by atoms with van der Waals surface area (Å²) in [6.45, 7) is 7.96. The molecule has 5 nitrogen and oxygen atoms in total. The van der Waals surface area contributed by atoms with E-state index in [0.717, 1.165) is 6.42 Å². The number of carbonyl (C=O) groups excluding carboxylic acids is 1. The van der Waals surface area contributed by atoms with Crippen molar-refractivity contribution in [3.63, 3.8) is 0 Å². The van der Waals surface area contributed by atoms with Crippen LogP contribution in [-0.2, 0) is 0 Å². The smallest absolute Gasteiger partial charge is 0.331 e. The van der Waals surface area contributed by atoms with Crippen molar-refractivity contribution in [2.45, 2.75) is 51.1 Å². The second-order valence-electron chi connectivity index (χ2n) is 6.41. The molecule has 2 amide bonds. The highest BCUT2D eigenvalue weighted by atomic mass is 35.5. The molecule has 1 saturated heterocycles. The average Bonchev–Trinajstić information content (AvgIpc) is 2.78. The number of carbonyl (C=O) groups is 1. The summed E-state index contributed by atoms with van der Waals surface area (Å²) in [6.07, 6.45) is 0.262. The van der Waals surface area contributed by atoms with Gasteiger partial charge >= 0.3 is 6.03 Å². The molecule has 0 aliphatic carbocycles. The number of thiocarbonyl (C=S) groups is 1. The van der Waals surface area contributed by atoms with Crippen LogP contribution in [0.4, 0.5) is 10.5 Å². The molecule has 1 aromatic rings. The fourth-order valence-corrected chi connectivity index (χ4v) is 5.04. The number of nitrogens with one attached hydrogen (secondary N) is 1. The molecular weight excluding hydrogens is 401 g/mol. The Morgan fingerprint density at radius 1 is 1.48 bits per heavy atom. The van der Waals surface area contributed by atoms with Crippen LogP contribution < -0.4 is 5.32 Å². The molecule has 0 spiro atoms. The van der Waals surface area contributed by atoms with Crippen molar-refractivity contribution < 1.29 is 10.0 Å². The third-order valence-corrected chi connectivity index (χ3v) is 6.44. The molecule has 0 aromatic heterocycles. The van der Waals surface area contributed by atoms with E-state index in [1.165, 1.54) is 17.8 Å². The van der Waals surface area contributed by atoms with Gasteiger partial charge in [0.2, 0.25) is 0 Å². The van der Waals surface area contributed by atoms with Gasteiger partial charge in [-0.05, 0) is 45.4 Å². The van der Waals surface area contributed by atoms with Gasteiger partial charge in [-0.3, -0.25) is 5.21 Å². The number of hydrogen-bond acceptors (Lipinski definition) is 4. The average molecular weight is 422 g/mol. The van der Waals surface area contributed by atoms with Crippen LogP contribution in [0.5, 0.6) is 0 Å². The normalized spacial score (nSPS) is 20.5. The van der Waals surface area contributed by atoms with Crippen LogP contribution in [0.3, 0.4) is 0 Å². The largest absolute Gasteiger partial charge is 0.347 e. The summed E-state index contributed by atoms with van der Waals surface area (Å²) >= 11 is 18.8. The third-order valence-electron chi connectivity index (χ3n) is 4.12. The summed E-state index contributed by atoms with van der Waals surface area (Å²) in [6, 6.07) is 4.17. The summed E-state index contributed by atoms with van der Waals surface area (Å²) in [4.78, 5) is 14.5. The van der Waals surface area contributed by atoms with Gasteiger partial charge in [-0.25, -0.2) is 4.79 Å². The summed E-state index contributed by atoms with van der Waals surface area (Å²) < 4.78 is 0.218. The maximum atomic E-state index is 12.6. The number of hydroxylamine groups is 2. The first kappa shape index (κ1) is 20.6. The maximum Gasteiger partial charge on any atom is 0.347 e. The summed E-state index contributed by atoms with van der Waals surface area (Å²) in [7, 11) is 0. The van der Waals surface area contributed by atoms with Gasteiger partial charge in [-0.2, -0.15) is 5.06 Å². The van der Waals surface area contributed by atoms with Crippen LogP contribution >= 0.6 is 47.2 Å². The van der Waals surface area contributed by atoms with E-state index in [1.807, 2.05) is 32.6 Å². The van der Waals surface area contributed by atoms with Crippen LogP contribution in [0.1, 0.15) is 34.1 Å². The minimum Gasteiger partial charge on any atom is -0.331 e. The van der Waals surface area contributed by atoms with Gasteiger partial charge in [-0.15, -0.1) is 0 Å². The lowest BCUT2D eigenvalue weighted by Crippen LogP contribution is -2.57. The van der Waals surface area contributed by atoms with Crippen molar-refractivity contribution in [3.05, 3.63) is 28.2 Å². The van der Waals surface area contributed by atoms with Gasteiger partial charge in [0.05, 0.1) is 14.8 Å². The highest BCUT2D eigenvalue weighted by molar-refractivity contribution is 8.24. The van der Waals surface area contributed by atoms with Crippen molar-refractivity contribution >= 4 is 63.2 Å². The van der Waals surface area contributed by atoms with Crippen LogP contribution in [0.25, 0.3) is 0 Å². The Hall–Kier alpha value is -0.730. The first-order valence-corrected chi connectivity index (χ1v) is 9.82. The van der Waals surface area contributed by atoms with E-state index in [9.17, 15) is 10.0 Å². The Kier molecular flexibility index (Phi) is 6.49. The number of anilines is 1. The number of amides is 2. The van der Waals surface area contributed by atoms with E-state index >= 15 is 0 Å². The molecule has 2 atom stereocenters. The molecule has 0 radical (unpaired) electrons. The number of nitrogens with zero attached hydrogens (tertiary/aromatic N) is 2. The Morgan fingerprint density at radius 2 is 2.12 bits per heavy atom. The summed E-state index contributed by atoms with van der Waals surface area (Å²) in [5.41, 5.74) is 0.444. The monoisotopic (exact) mass is 421 g/mol. The Labute approximate surface area is 167 Å². The Bertz CT molecular complexity index is 687. The lowest BCUT2D eigenvalue weighted by Gasteiger charge is -2.39. The predicted octanol–water partition coefficient (Wildman–Crippen LogP) is 5.45. The lowest BCUT2D eigenvalue weighted by molar-refractivity contribution is -0.120. The summed E-state index contributed by atoms with van der Waals surface area (Å²) in [5, 5.41) is 14.7. The first-order chi connectivity index (χ1) is 11.6. The Balaban J connectivity index is 2.23. The number of thioether (sulfide) groups is 1. The van der Waals surface area contributed by atoms with Crippen LogP contribution in [0.2, 0.25) is 10.0 Å². The minimum atomic E-state index is -0.657. The molecule has 1 heterocycles. The van der Waals surface area contributed by atoms with Crippen LogP contribution in [0, 0.1) is 0 Å². The van der Waals surface area contributed by atoms with E-state index in [1.54, 1.807) is 12.1 Å². The van der Waals surface area contributed by atoms with Crippen molar-refractivity contribution in [2.75, 3.05) is 5.32 Å². The predicted molar refractivity (Wildman–Crippen MR) is 109 cm³/mol. The molecule has 0 unspecified atom stereocenters. The van der Waals surface area contributed by atoms with E-state index in [4.69, 9.17) is 35.4 Å². The van der Waals surface area contributed by atoms with Crippen LogP contribution in [-0.4, -0.2) is 42.5 Å². The lowest BCUT2D eigenvalue weighted by atomic mass is 10.1. The second-order valence-corrected chi connectivity index (χ2v) is 9.52. The van der Waals surface area contributed by atoms with Gasteiger partial charge in [0.25, 0.3) is 0 Å². The quantitative estimate of drug-likeness (QED) is 0.384. The molecule has 138 valence electrons. The molecule has 0 bridgehead atoms. The van der Waals surface area contributed by atoms with E-state index in [2.05, 4.69) is 5.32 Å². The zero-order chi connectivity index (χ0) is 18.9. The number of halogens is 2. The summed E-state index contributed by atoms with van der Waals surface area (Å²) in [5.74, 6) is 0. The molecule has 2 N–H and O–H groups in total. The highest BCUT2D eigenvalue weighted by Crippen LogP contribution is 2.43. The second kappa shape index (κ2) is 7.88. The molecule has 1 aliphatic heterocycles.